The van der Waals surface area contributed by atoms with Crippen molar-refractivity contribution in [1.82, 2.24) is 14.8 Å². The molecule has 0 saturated heterocycles. The Bertz CT molecular complexity index is 981. The first-order valence-corrected chi connectivity index (χ1v) is 8.90. The number of nitrogens with one attached hydrogen (secondary N) is 1. The predicted molar refractivity (Wildman–Crippen MR) is 104 cm³/mol. The van der Waals surface area contributed by atoms with Gasteiger partial charge in [0.25, 0.3) is 0 Å². The van der Waals surface area contributed by atoms with Crippen molar-refractivity contribution in [3.63, 3.8) is 0 Å². The number of ether oxygens (including phenoxy) is 1. The van der Waals surface area contributed by atoms with Crippen LogP contribution < -0.4 is 5.32 Å². The number of carbonyl (C=O) groups is 1. The number of anilines is 1. The SMILES string of the molecule is CCOC(=O)c1cnc2c(c(C)nn2C)c1NCC(O)c1ccccc1C. The normalized spacial score (nSPS) is 12.2. The molecule has 0 aliphatic carbocycles. The summed E-state index contributed by atoms with van der Waals surface area (Å²) in [6, 6.07) is 7.68. The van der Waals surface area contributed by atoms with Crippen LogP contribution in [0, 0.1) is 13.8 Å². The molecule has 2 heterocycles. The van der Waals surface area contributed by atoms with Gasteiger partial charge >= 0.3 is 5.97 Å². The van der Waals surface area contributed by atoms with Gasteiger partial charge < -0.3 is 15.2 Å². The van der Waals surface area contributed by atoms with E-state index in [0.717, 1.165) is 22.2 Å². The Balaban J connectivity index is 1.99. The van der Waals surface area contributed by atoms with Crippen LogP contribution in [-0.4, -0.2) is 39.0 Å². The molecular weight excluding hydrogens is 344 g/mol. The summed E-state index contributed by atoms with van der Waals surface area (Å²) in [5.74, 6) is -0.456. The summed E-state index contributed by atoms with van der Waals surface area (Å²) in [5, 5.41) is 19.0. The maximum absolute atomic E-state index is 12.4. The summed E-state index contributed by atoms with van der Waals surface area (Å²) in [7, 11) is 1.80. The molecule has 142 valence electrons. The second-order valence-corrected chi connectivity index (χ2v) is 6.43. The molecule has 3 rings (SSSR count). The van der Waals surface area contributed by atoms with Gasteiger partial charge in [-0.3, -0.25) is 4.68 Å². The highest BCUT2D eigenvalue weighted by Crippen LogP contribution is 2.30. The minimum absolute atomic E-state index is 0.241. The number of hydrogen-bond acceptors (Lipinski definition) is 6. The van der Waals surface area contributed by atoms with Gasteiger partial charge in [-0.05, 0) is 31.9 Å². The molecule has 27 heavy (non-hydrogen) atoms. The molecule has 1 atom stereocenters. The number of carbonyl (C=O) groups excluding carboxylic acids is 1. The zero-order valence-electron chi connectivity index (χ0n) is 16.0. The molecule has 7 nitrogen and oxygen atoms in total. The minimum atomic E-state index is -0.721. The molecule has 0 radical (unpaired) electrons. The number of nitrogens with zero attached hydrogens (tertiary/aromatic N) is 3. The molecule has 0 aliphatic heterocycles. The zero-order chi connectivity index (χ0) is 19.6. The number of aromatic nitrogens is 3. The van der Waals surface area contributed by atoms with E-state index in [-0.39, 0.29) is 13.2 Å². The van der Waals surface area contributed by atoms with E-state index in [4.69, 9.17) is 4.74 Å². The molecule has 2 aromatic heterocycles. The third-order valence-corrected chi connectivity index (χ3v) is 4.54. The average molecular weight is 368 g/mol. The molecule has 0 fully saturated rings. The van der Waals surface area contributed by atoms with Crippen molar-refractivity contribution in [2.75, 3.05) is 18.5 Å². The molecular formula is C20H24N4O3. The summed E-state index contributed by atoms with van der Waals surface area (Å²) >= 11 is 0. The molecule has 0 aliphatic rings. The van der Waals surface area contributed by atoms with Crippen molar-refractivity contribution in [2.24, 2.45) is 7.05 Å². The van der Waals surface area contributed by atoms with Crippen molar-refractivity contribution < 1.29 is 14.6 Å². The standard InChI is InChI=1S/C20H24N4O3/c1-5-27-20(26)15-10-22-19-17(13(3)23-24(19)4)18(15)21-11-16(25)14-9-7-6-8-12(14)2/h6-10,16,25H,5,11H2,1-4H3,(H,21,22). The number of hydrogen-bond donors (Lipinski definition) is 2. The van der Waals surface area contributed by atoms with Gasteiger partial charge in [-0.25, -0.2) is 9.78 Å². The van der Waals surface area contributed by atoms with Crippen molar-refractivity contribution in [3.8, 4) is 0 Å². The summed E-state index contributed by atoms with van der Waals surface area (Å²) in [5.41, 5.74) is 4.17. The van der Waals surface area contributed by atoms with E-state index in [1.165, 1.54) is 6.20 Å². The highest BCUT2D eigenvalue weighted by molar-refractivity contribution is 6.05. The third-order valence-electron chi connectivity index (χ3n) is 4.54. The van der Waals surface area contributed by atoms with Crippen LogP contribution in [0.15, 0.2) is 30.5 Å². The minimum Gasteiger partial charge on any atom is -0.462 e. The van der Waals surface area contributed by atoms with Crippen molar-refractivity contribution in [2.45, 2.75) is 26.9 Å². The van der Waals surface area contributed by atoms with Gasteiger partial charge in [0.05, 0.1) is 29.5 Å². The molecule has 0 amide bonds. The Morgan fingerprint density at radius 2 is 2.07 bits per heavy atom. The summed E-state index contributed by atoms with van der Waals surface area (Å²) in [4.78, 5) is 16.8. The van der Waals surface area contributed by atoms with Gasteiger partial charge in [0.15, 0.2) is 5.65 Å². The Labute approximate surface area is 158 Å². The van der Waals surface area contributed by atoms with E-state index in [0.29, 0.717) is 16.9 Å². The molecule has 7 heteroatoms. The fourth-order valence-corrected chi connectivity index (χ4v) is 3.23. The topological polar surface area (TPSA) is 89.3 Å². The van der Waals surface area contributed by atoms with E-state index >= 15 is 0 Å². The van der Waals surface area contributed by atoms with Crippen LogP contribution in [0.2, 0.25) is 0 Å². The number of rotatable bonds is 6. The third kappa shape index (κ3) is 3.64. The van der Waals surface area contributed by atoms with Crippen molar-refractivity contribution in [1.29, 1.82) is 0 Å². The van der Waals surface area contributed by atoms with E-state index < -0.39 is 12.1 Å². The molecule has 0 bridgehead atoms. The number of benzene rings is 1. The molecule has 3 aromatic rings. The van der Waals surface area contributed by atoms with Gasteiger partial charge in [-0.2, -0.15) is 5.10 Å². The zero-order valence-corrected chi connectivity index (χ0v) is 16.0. The van der Waals surface area contributed by atoms with Crippen LogP contribution in [-0.2, 0) is 11.8 Å². The lowest BCUT2D eigenvalue weighted by Crippen LogP contribution is -2.17. The van der Waals surface area contributed by atoms with Gasteiger partial charge in [0, 0.05) is 19.8 Å². The fraction of sp³-hybridized carbons (Fsp3) is 0.350. The smallest absolute Gasteiger partial charge is 0.341 e. The van der Waals surface area contributed by atoms with Gasteiger partial charge in [0.1, 0.15) is 5.56 Å². The lowest BCUT2D eigenvalue weighted by Gasteiger charge is -2.17. The highest BCUT2D eigenvalue weighted by Gasteiger charge is 2.21. The lowest BCUT2D eigenvalue weighted by molar-refractivity contribution is 0.0527. The Morgan fingerprint density at radius 3 is 2.78 bits per heavy atom. The summed E-state index contributed by atoms with van der Waals surface area (Å²) in [6.07, 6.45) is 0.769. The second-order valence-electron chi connectivity index (χ2n) is 6.43. The molecule has 1 aromatic carbocycles. The number of aryl methyl sites for hydroxylation is 3. The largest absolute Gasteiger partial charge is 0.462 e. The van der Waals surface area contributed by atoms with Crippen molar-refractivity contribution in [3.05, 3.63) is 52.8 Å². The molecule has 1 unspecified atom stereocenters. The quantitative estimate of drug-likeness (QED) is 0.650. The maximum Gasteiger partial charge on any atom is 0.341 e. The van der Waals surface area contributed by atoms with Crippen LogP contribution in [0.25, 0.3) is 11.0 Å². The molecule has 0 spiro atoms. The number of fused-ring (bicyclic) bond motifs is 1. The summed E-state index contributed by atoms with van der Waals surface area (Å²) in [6.45, 7) is 6.09. The van der Waals surface area contributed by atoms with Crippen LogP contribution >= 0.6 is 0 Å². The molecule has 2 N–H and O–H groups in total. The second kappa shape index (κ2) is 7.75. The number of aliphatic hydroxyl groups is 1. The van der Waals surface area contributed by atoms with Crippen LogP contribution in [0.4, 0.5) is 5.69 Å². The van der Waals surface area contributed by atoms with Gasteiger partial charge in [0.2, 0.25) is 0 Å². The van der Waals surface area contributed by atoms with Crippen LogP contribution in [0.3, 0.4) is 0 Å². The van der Waals surface area contributed by atoms with E-state index in [1.807, 2.05) is 38.1 Å². The maximum atomic E-state index is 12.4. The Kier molecular flexibility index (Phi) is 5.41. The summed E-state index contributed by atoms with van der Waals surface area (Å²) < 4.78 is 6.84. The van der Waals surface area contributed by atoms with Gasteiger partial charge in [-0.15, -0.1) is 0 Å². The first-order chi connectivity index (χ1) is 12.9. The highest BCUT2D eigenvalue weighted by atomic mass is 16.5. The van der Waals surface area contributed by atoms with E-state index in [2.05, 4.69) is 15.4 Å². The van der Waals surface area contributed by atoms with Crippen LogP contribution in [0.1, 0.15) is 40.2 Å². The lowest BCUT2D eigenvalue weighted by atomic mass is 10.0. The van der Waals surface area contributed by atoms with E-state index in [1.54, 1.807) is 18.7 Å². The van der Waals surface area contributed by atoms with Crippen LogP contribution in [0.5, 0.6) is 0 Å². The number of esters is 1. The first kappa shape index (κ1) is 18.8. The number of aliphatic hydroxyl groups excluding tert-OH is 1. The first-order valence-electron chi connectivity index (χ1n) is 8.90. The van der Waals surface area contributed by atoms with Crippen molar-refractivity contribution >= 4 is 22.7 Å². The predicted octanol–water partition coefficient (Wildman–Crippen LogP) is 2.91. The van der Waals surface area contributed by atoms with E-state index in [9.17, 15) is 9.90 Å². The molecule has 0 saturated carbocycles. The fourth-order valence-electron chi connectivity index (χ4n) is 3.23. The van der Waals surface area contributed by atoms with Gasteiger partial charge in [-0.1, -0.05) is 24.3 Å². The Morgan fingerprint density at radius 1 is 1.33 bits per heavy atom. The Hall–Kier alpha value is -2.93. The average Bonchev–Trinajstić information content (AvgIpc) is 2.94. The monoisotopic (exact) mass is 368 g/mol. The number of pyridine rings is 1.